The molecule has 0 radical (unpaired) electrons. The van der Waals surface area contributed by atoms with Gasteiger partial charge in [0.15, 0.2) is 0 Å². The Morgan fingerprint density at radius 3 is 2.55 bits per heavy atom. The van der Waals surface area contributed by atoms with E-state index in [0.717, 1.165) is 13.1 Å². The van der Waals surface area contributed by atoms with E-state index in [1.54, 1.807) is 6.92 Å². The molecule has 1 aromatic rings. The minimum absolute atomic E-state index is 0.216. The minimum Gasteiger partial charge on any atom is -0.466 e. The average molecular weight is 277 g/mol. The van der Waals surface area contributed by atoms with Gasteiger partial charge >= 0.3 is 5.97 Å². The van der Waals surface area contributed by atoms with Crippen molar-refractivity contribution in [3.8, 4) is 0 Å². The van der Waals surface area contributed by atoms with E-state index in [-0.39, 0.29) is 5.97 Å². The van der Waals surface area contributed by atoms with E-state index >= 15 is 0 Å². The molecular weight excluding hydrogens is 254 g/mol. The molecule has 1 heterocycles. The summed E-state index contributed by atoms with van der Waals surface area (Å²) in [4.78, 5) is 13.6. The van der Waals surface area contributed by atoms with Crippen LogP contribution in [0.25, 0.3) is 0 Å². The number of carbonyl (C=O) groups excluding carboxylic acids is 1. The Morgan fingerprint density at radius 1 is 1.30 bits per heavy atom. The second kappa shape index (κ2) is 6.75. The molecule has 0 atom stereocenters. The molecule has 0 amide bonds. The van der Waals surface area contributed by atoms with Crippen molar-refractivity contribution < 1.29 is 14.6 Å². The van der Waals surface area contributed by atoms with Crippen LogP contribution in [0.2, 0.25) is 0 Å². The number of carbonyl (C=O) groups is 1. The fourth-order valence-corrected chi connectivity index (χ4v) is 2.64. The number of hydrogen-bond acceptors (Lipinski definition) is 4. The molecule has 2 rings (SSSR count). The van der Waals surface area contributed by atoms with Gasteiger partial charge in [0.05, 0.1) is 12.2 Å². The molecule has 0 unspecified atom stereocenters. The van der Waals surface area contributed by atoms with Crippen LogP contribution in [0.15, 0.2) is 30.3 Å². The zero-order valence-electron chi connectivity index (χ0n) is 12.0. The summed E-state index contributed by atoms with van der Waals surface area (Å²) in [5.74, 6) is -0.216. The van der Waals surface area contributed by atoms with E-state index in [9.17, 15) is 9.90 Å². The van der Waals surface area contributed by atoms with Crippen LogP contribution in [0.5, 0.6) is 0 Å². The van der Waals surface area contributed by atoms with Crippen LogP contribution >= 0.6 is 0 Å². The van der Waals surface area contributed by atoms with Crippen molar-refractivity contribution in [2.75, 3.05) is 24.6 Å². The van der Waals surface area contributed by atoms with Gasteiger partial charge in [-0.15, -0.1) is 0 Å². The number of anilines is 1. The summed E-state index contributed by atoms with van der Waals surface area (Å²) < 4.78 is 4.91. The van der Waals surface area contributed by atoms with Gasteiger partial charge < -0.3 is 14.7 Å². The first-order valence-electron chi connectivity index (χ1n) is 7.31. The smallest absolute Gasteiger partial charge is 0.305 e. The number of benzene rings is 1. The lowest BCUT2D eigenvalue weighted by Gasteiger charge is -2.39. The Morgan fingerprint density at radius 2 is 1.95 bits per heavy atom. The highest BCUT2D eigenvalue weighted by Gasteiger charge is 2.32. The summed E-state index contributed by atoms with van der Waals surface area (Å²) in [6.45, 7) is 3.84. The SMILES string of the molecule is CCOC(=O)CCC1(O)CCN(c2ccccc2)CC1. The Balaban J connectivity index is 1.82. The first-order chi connectivity index (χ1) is 9.63. The van der Waals surface area contributed by atoms with Crippen molar-refractivity contribution in [2.24, 2.45) is 0 Å². The zero-order valence-corrected chi connectivity index (χ0v) is 12.0. The fraction of sp³-hybridized carbons (Fsp3) is 0.562. The third-order valence-corrected chi connectivity index (χ3v) is 3.92. The monoisotopic (exact) mass is 277 g/mol. The molecule has 0 aromatic heterocycles. The normalized spacial score (nSPS) is 17.8. The first kappa shape index (κ1) is 14.9. The van der Waals surface area contributed by atoms with Crippen molar-refractivity contribution in [1.29, 1.82) is 0 Å². The van der Waals surface area contributed by atoms with Crippen LogP contribution < -0.4 is 4.90 Å². The largest absolute Gasteiger partial charge is 0.466 e. The Hall–Kier alpha value is -1.55. The molecule has 0 aliphatic carbocycles. The Labute approximate surface area is 120 Å². The molecule has 1 saturated heterocycles. The molecule has 20 heavy (non-hydrogen) atoms. The van der Waals surface area contributed by atoms with Gasteiger partial charge in [-0.2, -0.15) is 0 Å². The minimum atomic E-state index is -0.724. The highest BCUT2D eigenvalue weighted by Crippen LogP contribution is 2.29. The molecule has 1 aliphatic heterocycles. The summed E-state index contributed by atoms with van der Waals surface area (Å²) in [6.07, 6.45) is 2.19. The van der Waals surface area contributed by atoms with E-state index in [0.29, 0.717) is 32.3 Å². The van der Waals surface area contributed by atoms with Gasteiger partial charge in [0.1, 0.15) is 0 Å². The highest BCUT2D eigenvalue weighted by molar-refractivity contribution is 5.69. The van der Waals surface area contributed by atoms with Crippen LogP contribution in [-0.2, 0) is 9.53 Å². The second-order valence-corrected chi connectivity index (χ2v) is 5.35. The van der Waals surface area contributed by atoms with Crippen molar-refractivity contribution >= 4 is 11.7 Å². The molecule has 1 N–H and O–H groups in total. The Bertz CT molecular complexity index is 425. The van der Waals surface area contributed by atoms with Crippen molar-refractivity contribution in [3.63, 3.8) is 0 Å². The lowest BCUT2D eigenvalue weighted by molar-refractivity contribution is -0.144. The number of piperidine rings is 1. The molecule has 0 bridgehead atoms. The summed E-state index contributed by atoms with van der Waals surface area (Å²) in [5, 5.41) is 10.5. The molecule has 0 saturated carbocycles. The van der Waals surface area contributed by atoms with Crippen LogP contribution in [-0.4, -0.2) is 36.4 Å². The third-order valence-electron chi connectivity index (χ3n) is 3.92. The van der Waals surface area contributed by atoms with Crippen molar-refractivity contribution in [3.05, 3.63) is 30.3 Å². The number of ether oxygens (including phenoxy) is 1. The van der Waals surface area contributed by atoms with Gasteiger partial charge in [-0.3, -0.25) is 4.79 Å². The van der Waals surface area contributed by atoms with E-state index in [4.69, 9.17) is 4.74 Å². The summed E-state index contributed by atoms with van der Waals surface area (Å²) in [5.41, 5.74) is 0.470. The van der Waals surface area contributed by atoms with E-state index in [1.165, 1.54) is 5.69 Å². The number of esters is 1. The molecule has 110 valence electrons. The number of nitrogens with zero attached hydrogens (tertiary/aromatic N) is 1. The van der Waals surface area contributed by atoms with Gasteiger partial charge in [-0.1, -0.05) is 18.2 Å². The lowest BCUT2D eigenvalue weighted by atomic mass is 9.87. The topological polar surface area (TPSA) is 49.8 Å². The third kappa shape index (κ3) is 3.97. The molecular formula is C16H23NO3. The maximum absolute atomic E-state index is 11.4. The number of para-hydroxylation sites is 1. The van der Waals surface area contributed by atoms with Crippen LogP contribution in [0.4, 0.5) is 5.69 Å². The summed E-state index contributed by atoms with van der Waals surface area (Å²) in [7, 11) is 0. The van der Waals surface area contributed by atoms with E-state index in [1.807, 2.05) is 18.2 Å². The molecule has 4 heteroatoms. The van der Waals surface area contributed by atoms with Crippen molar-refractivity contribution in [2.45, 2.75) is 38.2 Å². The maximum atomic E-state index is 11.4. The van der Waals surface area contributed by atoms with Gasteiger partial charge in [0.2, 0.25) is 0 Å². The van der Waals surface area contributed by atoms with Gasteiger partial charge in [-0.05, 0) is 38.3 Å². The average Bonchev–Trinajstić information content (AvgIpc) is 2.47. The number of hydrogen-bond donors (Lipinski definition) is 1. The van der Waals surface area contributed by atoms with E-state index in [2.05, 4.69) is 17.0 Å². The summed E-state index contributed by atoms with van der Waals surface area (Å²) in [6, 6.07) is 10.2. The molecule has 4 nitrogen and oxygen atoms in total. The van der Waals surface area contributed by atoms with Gasteiger partial charge in [0.25, 0.3) is 0 Å². The van der Waals surface area contributed by atoms with Crippen LogP contribution in [0, 0.1) is 0 Å². The number of aliphatic hydroxyl groups is 1. The van der Waals surface area contributed by atoms with Gasteiger partial charge in [0, 0.05) is 25.2 Å². The molecule has 1 aromatic carbocycles. The first-order valence-corrected chi connectivity index (χ1v) is 7.31. The molecule has 0 spiro atoms. The van der Waals surface area contributed by atoms with E-state index < -0.39 is 5.60 Å². The molecule has 1 aliphatic rings. The Kier molecular flexibility index (Phi) is 5.01. The standard InChI is InChI=1S/C16H23NO3/c1-2-20-15(18)8-9-16(19)10-12-17(13-11-16)14-6-4-3-5-7-14/h3-7,19H,2,8-13H2,1H3. The number of rotatable bonds is 5. The van der Waals surface area contributed by atoms with Crippen LogP contribution in [0.3, 0.4) is 0 Å². The van der Waals surface area contributed by atoms with Crippen molar-refractivity contribution in [1.82, 2.24) is 0 Å². The lowest BCUT2D eigenvalue weighted by Crippen LogP contribution is -2.44. The molecule has 1 fully saturated rings. The zero-order chi connectivity index (χ0) is 14.4. The maximum Gasteiger partial charge on any atom is 0.305 e. The summed E-state index contributed by atoms with van der Waals surface area (Å²) >= 11 is 0. The predicted octanol–water partition coefficient (Wildman–Crippen LogP) is 2.36. The van der Waals surface area contributed by atoms with Crippen LogP contribution in [0.1, 0.15) is 32.6 Å². The van der Waals surface area contributed by atoms with Gasteiger partial charge in [-0.25, -0.2) is 0 Å². The second-order valence-electron chi connectivity index (χ2n) is 5.35. The predicted molar refractivity (Wildman–Crippen MR) is 78.7 cm³/mol. The highest BCUT2D eigenvalue weighted by atomic mass is 16.5. The fourth-order valence-electron chi connectivity index (χ4n) is 2.64. The quantitative estimate of drug-likeness (QED) is 0.839.